The number of nitrogens with zero attached hydrogens (tertiary/aromatic N) is 2. The smallest absolute Gasteiger partial charge is 0.604 e. The van der Waals surface area contributed by atoms with Gasteiger partial charge < -0.3 is 14.9 Å². The Bertz CT molecular complexity index is 581. The fourth-order valence-corrected chi connectivity index (χ4v) is 5.01. The fraction of sp³-hybridized carbons (Fsp3) is 0.826. The molecule has 2 saturated carbocycles. The summed E-state index contributed by atoms with van der Waals surface area (Å²) in [5.74, 6) is 0.626. The number of hydrogen-bond donors (Lipinski definition) is 1. The summed E-state index contributed by atoms with van der Waals surface area (Å²) < 4.78 is 4.61. The SMILES string of the molecule is C=CCCCCC(CC)CC(=O)N1CCCC1C(=O)NC1(C[N-]SC2CC2)CC1.[K+]. The van der Waals surface area contributed by atoms with Crippen LogP contribution in [0.5, 0.6) is 0 Å². The van der Waals surface area contributed by atoms with E-state index in [1.54, 1.807) is 11.9 Å². The van der Waals surface area contributed by atoms with Crippen LogP contribution < -0.4 is 56.7 Å². The largest absolute Gasteiger partial charge is 1.00 e. The number of carbonyl (C=O) groups is 2. The van der Waals surface area contributed by atoms with Crippen LogP contribution in [0, 0.1) is 5.92 Å². The molecule has 0 bridgehead atoms. The summed E-state index contributed by atoms with van der Waals surface area (Å²) in [6.07, 6.45) is 14.3. The average Bonchev–Trinajstić information content (AvgIpc) is 3.63. The van der Waals surface area contributed by atoms with Crippen LogP contribution in [0.15, 0.2) is 12.7 Å². The summed E-state index contributed by atoms with van der Waals surface area (Å²) in [6, 6.07) is -0.283. The van der Waals surface area contributed by atoms with Gasteiger partial charge in [-0.3, -0.25) is 21.5 Å². The van der Waals surface area contributed by atoms with Crippen LogP contribution >= 0.6 is 11.9 Å². The molecule has 3 rings (SSSR count). The van der Waals surface area contributed by atoms with Gasteiger partial charge in [0.2, 0.25) is 11.8 Å². The molecule has 164 valence electrons. The van der Waals surface area contributed by atoms with Crippen molar-refractivity contribution in [2.24, 2.45) is 5.92 Å². The van der Waals surface area contributed by atoms with Crippen molar-refractivity contribution in [2.75, 3.05) is 13.1 Å². The van der Waals surface area contributed by atoms with Crippen LogP contribution in [0.1, 0.15) is 84.0 Å². The molecule has 3 fully saturated rings. The summed E-state index contributed by atoms with van der Waals surface area (Å²) in [5, 5.41) is 3.97. The second kappa shape index (κ2) is 13.4. The minimum atomic E-state index is -0.283. The number of rotatable bonds is 14. The normalized spacial score (nSPS) is 22.8. The molecule has 0 aromatic carbocycles. The molecule has 0 radical (unpaired) electrons. The predicted molar refractivity (Wildman–Crippen MR) is 121 cm³/mol. The average molecular weight is 460 g/mol. The standard InChI is InChI=1S/C23H38N3O2S.K/c1-3-5-6-7-9-18(4-2)16-21(27)26-15-8-10-20(26)22(28)25-23(13-14-23)17-24-29-19-11-12-19;/h3,18-20H,1,4-17H2,2H3,(H,25,28);/q-1;+1. The number of carbonyl (C=O) groups excluding carboxylic acids is 2. The predicted octanol–water partition coefficient (Wildman–Crippen LogP) is 1.98. The molecular formula is C23H38KN3O2S. The first-order valence-electron chi connectivity index (χ1n) is 11.6. The maximum absolute atomic E-state index is 13.0. The van der Waals surface area contributed by atoms with E-state index in [1.807, 2.05) is 11.0 Å². The third-order valence-electron chi connectivity index (χ3n) is 6.54. The van der Waals surface area contributed by atoms with Gasteiger partial charge in [-0.1, -0.05) is 25.8 Å². The van der Waals surface area contributed by atoms with Crippen molar-refractivity contribution in [3.05, 3.63) is 17.4 Å². The number of nitrogens with one attached hydrogen (secondary N) is 1. The maximum Gasteiger partial charge on any atom is 1.00 e. The van der Waals surface area contributed by atoms with Gasteiger partial charge in [-0.25, -0.2) is 0 Å². The first-order chi connectivity index (χ1) is 14.1. The molecule has 2 aliphatic carbocycles. The molecule has 1 saturated heterocycles. The third-order valence-corrected chi connectivity index (χ3v) is 7.59. The Hall–Kier alpha value is 0.626. The van der Waals surface area contributed by atoms with E-state index in [2.05, 4.69) is 23.5 Å². The molecule has 2 atom stereocenters. The molecule has 7 heteroatoms. The Morgan fingerprint density at radius 2 is 2.07 bits per heavy atom. The van der Waals surface area contributed by atoms with Crippen LogP contribution in [-0.2, 0) is 9.59 Å². The van der Waals surface area contributed by atoms with Crippen molar-refractivity contribution < 1.29 is 61.0 Å². The molecule has 1 heterocycles. The summed E-state index contributed by atoms with van der Waals surface area (Å²) in [6.45, 7) is 7.37. The second-order valence-electron chi connectivity index (χ2n) is 9.16. The molecule has 2 unspecified atom stereocenters. The molecule has 0 aromatic heterocycles. The minimum absolute atomic E-state index is 0. The zero-order valence-electron chi connectivity index (χ0n) is 19.0. The topological polar surface area (TPSA) is 63.5 Å². The van der Waals surface area contributed by atoms with Crippen molar-refractivity contribution in [1.82, 2.24) is 10.2 Å². The van der Waals surface area contributed by atoms with Crippen LogP contribution in [-0.4, -0.2) is 46.6 Å². The van der Waals surface area contributed by atoms with E-state index in [4.69, 9.17) is 0 Å². The van der Waals surface area contributed by atoms with Crippen molar-refractivity contribution >= 4 is 23.8 Å². The number of amides is 2. The van der Waals surface area contributed by atoms with Crippen molar-refractivity contribution in [1.29, 1.82) is 0 Å². The molecule has 2 amide bonds. The molecule has 1 N–H and O–H groups in total. The summed E-state index contributed by atoms with van der Waals surface area (Å²) in [4.78, 5) is 27.8. The number of allylic oxidation sites excluding steroid dienone is 1. The number of unbranched alkanes of at least 4 members (excludes halogenated alkanes) is 2. The molecule has 3 aliphatic rings. The zero-order chi connectivity index (χ0) is 20.7. The summed E-state index contributed by atoms with van der Waals surface area (Å²) in [5.41, 5.74) is -0.132. The maximum atomic E-state index is 13.0. The van der Waals surface area contributed by atoms with Gasteiger partial charge in [-0.2, -0.15) is 0 Å². The van der Waals surface area contributed by atoms with E-state index in [0.29, 0.717) is 24.1 Å². The molecule has 0 spiro atoms. The molecular weight excluding hydrogens is 421 g/mol. The molecule has 5 nitrogen and oxygen atoms in total. The molecule has 30 heavy (non-hydrogen) atoms. The van der Waals surface area contributed by atoms with E-state index >= 15 is 0 Å². The Kier molecular flexibility index (Phi) is 12.0. The Morgan fingerprint density at radius 1 is 1.30 bits per heavy atom. The van der Waals surface area contributed by atoms with Crippen LogP contribution in [0.4, 0.5) is 0 Å². The molecule has 0 aromatic rings. The Balaban J connectivity index is 0.00000320. The first-order valence-corrected chi connectivity index (χ1v) is 12.5. The first kappa shape index (κ1) is 26.9. The van der Waals surface area contributed by atoms with Crippen molar-refractivity contribution in [2.45, 2.75) is 101 Å². The minimum Gasteiger partial charge on any atom is -0.604 e. The Morgan fingerprint density at radius 3 is 2.70 bits per heavy atom. The van der Waals surface area contributed by atoms with E-state index < -0.39 is 0 Å². The number of hydrogen-bond acceptors (Lipinski definition) is 3. The van der Waals surface area contributed by atoms with Gasteiger partial charge in [0.1, 0.15) is 6.04 Å². The summed E-state index contributed by atoms with van der Waals surface area (Å²) in [7, 11) is 0. The van der Waals surface area contributed by atoms with Gasteiger partial charge in [0.25, 0.3) is 0 Å². The summed E-state index contributed by atoms with van der Waals surface area (Å²) >= 11 is 1.70. The van der Waals surface area contributed by atoms with Crippen LogP contribution in [0.2, 0.25) is 0 Å². The van der Waals surface area contributed by atoms with E-state index in [0.717, 1.165) is 64.3 Å². The molecule has 1 aliphatic heterocycles. The van der Waals surface area contributed by atoms with Gasteiger partial charge in [-0.15, -0.1) is 13.1 Å². The fourth-order valence-electron chi connectivity index (χ4n) is 4.13. The van der Waals surface area contributed by atoms with E-state index in [-0.39, 0.29) is 74.8 Å². The third kappa shape index (κ3) is 8.52. The van der Waals surface area contributed by atoms with Gasteiger partial charge >= 0.3 is 51.4 Å². The second-order valence-corrected chi connectivity index (χ2v) is 10.3. The van der Waals surface area contributed by atoms with Crippen LogP contribution in [0.25, 0.3) is 4.72 Å². The number of likely N-dealkylation sites (tertiary alicyclic amines) is 1. The van der Waals surface area contributed by atoms with Crippen LogP contribution in [0.3, 0.4) is 0 Å². The van der Waals surface area contributed by atoms with Crippen molar-refractivity contribution in [3.8, 4) is 0 Å². The van der Waals surface area contributed by atoms with E-state index in [1.165, 1.54) is 12.8 Å². The van der Waals surface area contributed by atoms with Gasteiger partial charge in [0.05, 0.1) is 0 Å². The van der Waals surface area contributed by atoms with Crippen molar-refractivity contribution in [3.63, 3.8) is 0 Å². The Labute approximate surface area is 229 Å². The zero-order valence-corrected chi connectivity index (χ0v) is 23.0. The van der Waals surface area contributed by atoms with E-state index in [9.17, 15) is 9.59 Å². The van der Waals surface area contributed by atoms with Gasteiger partial charge in [0, 0.05) is 18.5 Å². The monoisotopic (exact) mass is 459 g/mol. The quantitative estimate of drug-likeness (QED) is 0.187. The van der Waals surface area contributed by atoms with Gasteiger partial charge in [-0.05, 0) is 69.0 Å². The van der Waals surface area contributed by atoms with Gasteiger partial charge in [0.15, 0.2) is 0 Å².